The lowest BCUT2D eigenvalue weighted by atomic mass is 9.79. The SMILES string of the molecule is CCC.CN1CCC12CCOCC2. The van der Waals surface area contributed by atoms with Crippen molar-refractivity contribution in [1.29, 1.82) is 0 Å². The van der Waals surface area contributed by atoms with Crippen molar-refractivity contribution in [2.75, 3.05) is 26.8 Å². The number of hydrogen-bond acceptors (Lipinski definition) is 2. The van der Waals surface area contributed by atoms with Crippen molar-refractivity contribution in [3.8, 4) is 0 Å². The first-order valence-corrected chi connectivity index (χ1v) is 5.54. The largest absolute Gasteiger partial charge is 0.381 e. The van der Waals surface area contributed by atoms with Crippen molar-refractivity contribution in [3.63, 3.8) is 0 Å². The van der Waals surface area contributed by atoms with E-state index in [2.05, 4.69) is 25.8 Å². The second-order valence-corrected chi connectivity index (χ2v) is 4.22. The van der Waals surface area contributed by atoms with Gasteiger partial charge in [0.2, 0.25) is 0 Å². The molecular formula is C11H23NO. The average Bonchev–Trinajstić information content (AvgIpc) is 2.18. The molecule has 1 spiro atoms. The molecule has 0 aromatic rings. The Labute approximate surface area is 82.3 Å². The van der Waals surface area contributed by atoms with Gasteiger partial charge in [-0.2, -0.15) is 0 Å². The van der Waals surface area contributed by atoms with Crippen LogP contribution >= 0.6 is 0 Å². The highest BCUT2D eigenvalue weighted by Crippen LogP contribution is 2.37. The molecule has 13 heavy (non-hydrogen) atoms. The number of likely N-dealkylation sites (tertiary alicyclic amines) is 1. The molecule has 0 unspecified atom stereocenters. The number of nitrogens with zero attached hydrogens (tertiary/aromatic N) is 1. The van der Waals surface area contributed by atoms with Gasteiger partial charge in [0.25, 0.3) is 0 Å². The fraction of sp³-hybridized carbons (Fsp3) is 1.00. The van der Waals surface area contributed by atoms with Gasteiger partial charge in [-0.3, -0.25) is 0 Å². The predicted octanol–water partition coefficient (Wildman–Crippen LogP) is 2.29. The van der Waals surface area contributed by atoms with Gasteiger partial charge >= 0.3 is 0 Å². The van der Waals surface area contributed by atoms with Gasteiger partial charge in [0, 0.05) is 25.3 Å². The monoisotopic (exact) mass is 185 g/mol. The van der Waals surface area contributed by atoms with Gasteiger partial charge in [-0.05, 0) is 26.3 Å². The molecule has 2 heteroatoms. The maximum absolute atomic E-state index is 5.32. The molecule has 2 aliphatic rings. The van der Waals surface area contributed by atoms with Gasteiger partial charge < -0.3 is 9.64 Å². The zero-order chi connectivity index (χ0) is 9.73. The van der Waals surface area contributed by atoms with E-state index in [0.29, 0.717) is 5.54 Å². The molecule has 0 saturated carbocycles. The standard InChI is InChI=1S/C8H15NO.C3H8/c1-9-5-2-8(9)3-6-10-7-4-8;1-3-2/h2-7H2,1H3;3H2,1-2H3. The Hall–Kier alpha value is -0.0800. The van der Waals surface area contributed by atoms with Crippen LogP contribution in [-0.2, 0) is 4.74 Å². The maximum Gasteiger partial charge on any atom is 0.0483 e. The quantitative estimate of drug-likeness (QED) is 0.574. The molecule has 2 saturated heterocycles. The summed E-state index contributed by atoms with van der Waals surface area (Å²) >= 11 is 0. The van der Waals surface area contributed by atoms with Crippen molar-refractivity contribution >= 4 is 0 Å². The summed E-state index contributed by atoms with van der Waals surface area (Å²) in [5.41, 5.74) is 0.568. The van der Waals surface area contributed by atoms with Gasteiger partial charge in [0.05, 0.1) is 0 Å². The minimum atomic E-state index is 0.568. The molecule has 2 heterocycles. The summed E-state index contributed by atoms with van der Waals surface area (Å²) in [5.74, 6) is 0. The van der Waals surface area contributed by atoms with E-state index in [1.165, 1.54) is 32.2 Å². The minimum absolute atomic E-state index is 0.568. The Bertz CT molecular complexity index is 141. The van der Waals surface area contributed by atoms with Crippen LogP contribution in [0, 0.1) is 0 Å². The van der Waals surface area contributed by atoms with E-state index < -0.39 is 0 Å². The summed E-state index contributed by atoms with van der Waals surface area (Å²) in [6.45, 7) is 7.49. The van der Waals surface area contributed by atoms with Crippen molar-refractivity contribution < 1.29 is 4.74 Å². The molecule has 0 radical (unpaired) electrons. The van der Waals surface area contributed by atoms with Crippen LogP contribution in [0.5, 0.6) is 0 Å². The lowest BCUT2D eigenvalue weighted by molar-refractivity contribution is -0.0750. The smallest absolute Gasteiger partial charge is 0.0483 e. The van der Waals surface area contributed by atoms with Gasteiger partial charge in [0.1, 0.15) is 0 Å². The Morgan fingerprint density at radius 1 is 1.15 bits per heavy atom. The molecule has 2 rings (SSSR count). The molecule has 2 nitrogen and oxygen atoms in total. The van der Waals surface area contributed by atoms with Crippen LogP contribution < -0.4 is 0 Å². The molecule has 78 valence electrons. The van der Waals surface area contributed by atoms with Crippen LogP contribution in [0.3, 0.4) is 0 Å². The third-order valence-electron chi connectivity index (χ3n) is 3.15. The van der Waals surface area contributed by atoms with Crippen LogP contribution in [0.2, 0.25) is 0 Å². The Morgan fingerprint density at radius 3 is 1.92 bits per heavy atom. The highest BCUT2D eigenvalue weighted by Gasteiger charge is 2.42. The summed E-state index contributed by atoms with van der Waals surface area (Å²) < 4.78 is 5.32. The summed E-state index contributed by atoms with van der Waals surface area (Å²) in [5, 5.41) is 0. The second-order valence-electron chi connectivity index (χ2n) is 4.22. The van der Waals surface area contributed by atoms with E-state index in [0.717, 1.165) is 13.2 Å². The zero-order valence-electron chi connectivity index (χ0n) is 9.31. The van der Waals surface area contributed by atoms with E-state index in [9.17, 15) is 0 Å². The van der Waals surface area contributed by atoms with Crippen LogP contribution in [0.15, 0.2) is 0 Å². The first-order valence-electron chi connectivity index (χ1n) is 5.54. The molecule has 2 aliphatic heterocycles. The average molecular weight is 185 g/mol. The zero-order valence-corrected chi connectivity index (χ0v) is 9.31. The Kier molecular flexibility index (Phi) is 4.20. The highest BCUT2D eigenvalue weighted by molar-refractivity contribution is 4.98. The molecule has 0 bridgehead atoms. The maximum atomic E-state index is 5.32. The van der Waals surface area contributed by atoms with Crippen molar-refractivity contribution in [2.45, 2.75) is 45.1 Å². The molecular weight excluding hydrogens is 162 g/mol. The predicted molar refractivity (Wildman–Crippen MR) is 56.0 cm³/mol. The van der Waals surface area contributed by atoms with Crippen LogP contribution in [-0.4, -0.2) is 37.2 Å². The molecule has 0 aromatic heterocycles. The normalized spacial score (nSPS) is 26.1. The van der Waals surface area contributed by atoms with E-state index in [4.69, 9.17) is 4.74 Å². The van der Waals surface area contributed by atoms with Gasteiger partial charge in [-0.25, -0.2) is 0 Å². The van der Waals surface area contributed by atoms with Gasteiger partial charge in [-0.1, -0.05) is 20.3 Å². The summed E-state index contributed by atoms with van der Waals surface area (Å²) in [6.07, 6.45) is 5.15. The molecule has 0 aliphatic carbocycles. The minimum Gasteiger partial charge on any atom is -0.381 e. The lowest BCUT2D eigenvalue weighted by Crippen LogP contribution is -2.60. The molecule has 0 N–H and O–H groups in total. The number of rotatable bonds is 0. The van der Waals surface area contributed by atoms with Crippen molar-refractivity contribution in [3.05, 3.63) is 0 Å². The first-order chi connectivity index (χ1) is 6.25. The highest BCUT2D eigenvalue weighted by atomic mass is 16.5. The summed E-state index contributed by atoms with van der Waals surface area (Å²) in [4.78, 5) is 2.48. The second kappa shape index (κ2) is 4.97. The number of ether oxygens (including phenoxy) is 1. The van der Waals surface area contributed by atoms with Gasteiger partial charge in [0.15, 0.2) is 0 Å². The van der Waals surface area contributed by atoms with E-state index >= 15 is 0 Å². The third kappa shape index (κ3) is 2.44. The van der Waals surface area contributed by atoms with E-state index in [-0.39, 0.29) is 0 Å². The summed E-state index contributed by atoms with van der Waals surface area (Å²) in [6, 6.07) is 0. The molecule has 0 atom stereocenters. The fourth-order valence-corrected chi connectivity index (χ4v) is 2.03. The van der Waals surface area contributed by atoms with Crippen LogP contribution in [0.1, 0.15) is 39.5 Å². The lowest BCUT2D eigenvalue weighted by Gasteiger charge is -2.53. The van der Waals surface area contributed by atoms with Gasteiger partial charge in [-0.15, -0.1) is 0 Å². The molecule has 0 aromatic carbocycles. The third-order valence-corrected chi connectivity index (χ3v) is 3.15. The van der Waals surface area contributed by atoms with Crippen molar-refractivity contribution in [2.24, 2.45) is 0 Å². The van der Waals surface area contributed by atoms with Crippen LogP contribution in [0.25, 0.3) is 0 Å². The van der Waals surface area contributed by atoms with E-state index in [1.54, 1.807) is 0 Å². The molecule has 2 fully saturated rings. The molecule has 0 amide bonds. The number of hydrogen-bond donors (Lipinski definition) is 0. The van der Waals surface area contributed by atoms with Crippen LogP contribution in [0.4, 0.5) is 0 Å². The Morgan fingerprint density at radius 2 is 1.69 bits per heavy atom. The fourth-order valence-electron chi connectivity index (χ4n) is 2.03. The first kappa shape index (κ1) is 11.0. The van der Waals surface area contributed by atoms with Crippen molar-refractivity contribution in [1.82, 2.24) is 4.90 Å². The topological polar surface area (TPSA) is 12.5 Å². The van der Waals surface area contributed by atoms with E-state index in [1.807, 2.05) is 0 Å². The Balaban J connectivity index is 0.000000251. The summed E-state index contributed by atoms with van der Waals surface area (Å²) in [7, 11) is 2.23.